The summed E-state index contributed by atoms with van der Waals surface area (Å²) in [6, 6.07) is 11.7. The summed E-state index contributed by atoms with van der Waals surface area (Å²) >= 11 is 5.91. The van der Waals surface area contributed by atoms with Gasteiger partial charge in [-0.25, -0.2) is 12.8 Å². The van der Waals surface area contributed by atoms with Crippen molar-refractivity contribution in [3.05, 3.63) is 71.8 Å². The molecule has 0 spiro atoms. The molecule has 0 bridgehead atoms. The molecule has 0 aliphatic heterocycles. The maximum absolute atomic E-state index is 13.1. The fourth-order valence-corrected chi connectivity index (χ4v) is 3.83. The van der Waals surface area contributed by atoms with Crippen LogP contribution in [-0.4, -0.2) is 20.5 Å². The van der Waals surface area contributed by atoms with Gasteiger partial charge in [0.1, 0.15) is 16.5 Å². The SMILES string of the molecule is COc1ccc(Cl)cc1S(=O)(=O)Nc1cncc(-c2ccc(F)cc2)c1. The molecule has 0 aliphatic rings. The standard InChI is InChI=1S/C18H14ClFN2O3S/c1-25-17-7-4-14(19)9-18(17)26(23,24)22-16-8-13(10-21-11-16)12-2-5-15(20)6-3-12/h2-11,22H,1H3. The molecule has 1 N–H and O–H groups in total. The van der Waals surface area contributed by atoms with Crippen molar-refractivity contribution < 1.29 is 17.5 Å². The molecule has 3 rings (SSSR count). The maximum Gasteiger partial charge on any atom is 0.265 e. The molecule has 26 heavy (non-hydrogen) atoms. The minimum Gasteiger partial charge on any atom is -0.495 e. The lowest BCUT2D eigenvalue weighted by Gasteiger charge is -2.12. The summed E-state index contributed by atoms with van der Waals surface area (Å²) < 4.78 is 46.0. The molecule has 0 atom stereocenters. The largest absolute Gasteiger partial charge is 0.495 e. The number of rotatable bonds is 5. The lowest BCUT2D eigenvalue weighted by molar-refractivity contribution is 0.403. The Bertz CT molecular complexity index is 1040. The van der Waals surface area contributed by atoms with Gasteiger partial charge in [-0.3, -0.25) is 9.71 Å². The van der Waals surface area contributed by atoms with Crippen molar-refractivity contribution in [2.45, 2.75) is 4.90 Å². The van der Waals surface area contributed by atoms with Gasteiger partial charge in [0.05, 0.1) is 19.0 Å². The minimum atomic E-state index is -3.94. The Morgan fingerprint density at radius 1 is 1.04 bits per heavy atom. The zero-order valence-electron chi connectivity index (χ0n) is 13.6. The number of nitrogens with one attached hydrogen (secondary N) is 1. The first-order valence-corrected chi connectivity index (χ1v) is 9.32. The predicted molar refractivity (Wildman–Crippen MR) is 98.4 cm³/mol. The number of sulfonamides is 1. The molecule has 5 nitrogen and oxygen atoms in total. The van der Waals surface area contributed by atoms with E-state index in [1.807, 2.05) is 0 Å². The van der Waals surface area contributed by atoms with Gasteiger partial charge in [-0.2, -0.15) is 0 Å². The molecule has 2 aromatic carbocycles. The van der Waals surface area contributed by atoms with Crippen LogP contribution in [0.5, 0.6) is 5.75 Å². The summed E-state index contributed by atoms with van der Waals surface area (Å²) in [6.45, 7) is 0. The third-order valence-corrected chi connectivity index (χ3v) is 5.22. The van der Waals surface area contributed by atoms with Gasteiger partial charge in [0.15, 0.2) is 0 Å². The molecule has 134 valence electrons. The minimum absolute atomic E-state index is 0.0836. The summed E-state index contributed by atoms with van der Waals surface area (Å²) in [6.07, 6.45) is 2.94. The van der Waals surface area contributed by atoms with E-state index in [2.05, 4.69) is 9.71 Å². The third-order valence-electron chi connectivity index (χ3n) is 3.58. The van der Waals surface area contributed by atoms with Crippen LogP contribution < -0.4 is 9.46 Å². The van der Waals surface area contributed by atoms with Crippen LogP contribution in [0.1, 0.15) is 0 Å². The van der Waals surface area contributed by atoms with Crippen LogP contribution in [0.25, 0.3) is 11.1 Å². The molecule has 1 heterocycles. The number of ether oxygens (including phenoxy) is 1. The van der Waals surface area contributed by atoms with Crippen molar-refractivity contribution >= 4 is 27.3 Å². The monoisotopic (exact) mass is 392 g/mol. The van der Waals surface area contributed by atoms with Gasteiger partial charge in [-0.15, -0.1) is 0 Å². The lowest BCUT2D eigenvalue weighted by Crippen LogP contribution is -2.14. The second kappa shape index (κ2) is 7.31. The van der Waals surface area contributed by atoms with E-state index in [0.29, 0.717) is 11.1 Å². The van der Waals surface area contributed by atoms with E-state index in [0.717, 1.165) is 0 Å². The molecule has 0 radical (unpaired) electrons. The van der Waals surface area contributed by atoms with Crippen LogP contribution in [0.15, 0.2) is 65.8 Å². The number of halogens is 2. The van der Waals surface area contributed by atoms with E-state index in [9.17, 15) is 12.8 Å². The molecule has 3 aromatic rings. The zero-order chi connectivity index (χ0) is 18.7. The van der Waals surface area contributed by atoms with Crippen LogP contribution in [0, 0.1) is 5.82 Å². The van der Waals surface area contributed by atoms with Crippen molar-refractivity contribution in [3.8, 4) is 16.9 Å². The highest BCUT2D eigenvalue weighted by Crippen LogP contribution is 2.29. The Morgan fingerprint density at radius 3 is 2.46 bits per heavy atom. The van der Waals surface area contributed by atoms with Crippen LogP contribution in [0.4, 0.5) is 10.1 Å². The molecule has 8 heteroatoms. The Hall–Kier alpha value is -2.64. The van der Waals surface area contributed by atoms with Gasteiger partial charge in [-0.1, -0.05) is 23.7 Å². The van der Waals surface area contributed by atoms with Gasteiger partial charge in [0, 0.05) is 16.8 Å². The average molecular weight is 393 g/mol. The zero-order valence-corrected chi connectivity index (χ0v) is 15.2. The van der Waals surface area contributed by atoms with E-state index in [4.69, 9.17) is 16.3 Å². The van der Waals surface area contributed by atoms with E-state index in [1.165, 1.54) is 43.6 Å². The van der Waals surface area contributed by atoms with E-state index < -0.39 is 10.0 Å². The quantitative estimate of drug-likeness (QED) is 0.700. The summed E-state index contributed by atoms with van der Waals surface area (Å²) in [7, 11) is -2.57. The van der Waals surface area contributed by atoms with Crippen LogP contribution >= 0.6 is 11.6 Å². The first-order chi connectivity index (χ1) is 12.4. The van der Waals surface area contributed by atoms with Gasteiger partial charge >= 0.3 is 0 Å². The first kappa shape index (κ1) is 18.2. The van der Waals surface area contributed by atoms with E-state index >= 15 is 0 Å². The summed E-state index contributed by atoms with van der Waals surface area (Å²) in [5, 5.41) is 0.268. The number of hydrogen-bond donors (Lipinski definition) is 1. The van der Waals surface area contributed by atoms with Crippen molar-refractivity contribution in [3.63, 3.8) is 0 Å². The molecule has 0 fully saturated rings. The molecular formula is C18H14ClFN2O3S. The maximum atomic E-state index is 13.1. The van der Waals surface area contributed by atoms with Gasteiger partial charge in [0.2, 0.25) is 0 Å². The number of pyridine rings is 1. The molecule has 1 aromatic heterocycles. The molecule has 0 saturated carbocycles. The van der Waals surface area contributed by atoms with Gasteiger partial charge in [0.25, 0.3) is 10.0 Å². The highest BCUT2D eigenvalue weighted by molar-refractivity contribution is 7.92. The van der Waals surface area contributed by atoms with Crippen molar-refractivity contribution in [2.24, 2.45) is 0 Å². The van der Waals surface area contributed by atoms with Gasteiger partial charge in [-0.05, 0) is 42.0 Å². The number of hydrogen-bond acceptors (Lipinski definition) is 4. The molecule has 0 amide bonds. The van der Waals surface area contributed by atoms with E-state index in [1.54, 1.807) is 24.4 Å². The highest BCUT2D eigenvalue weighted by Gasteiger charge is 2.20. The van der Waals surface area contributed by atoms with Crippen molar-refractivity contribution in [1.29, 1.82) is 0 Å². The van der Waals surface area contributed by atoms with E-state index in [-0.39, 0.29) is 27.2 Å². The Morgan fingerprint density at radius 2 is 1.77 bits per heavy atom. The summed E-state index contributed by atoms with van der Waals surface area (Å²) in [5.41, 5.74) is 1.61. The normalized spacial score (nSPS) is 11.2. The number of anilines is 1. The number of aromatic nitrogens is 1. The fourth-order valence-electron chi connectivity index (χ4n) is 2.37. The second-order valence-corrected chi connectivity index (χ2v) is 7.46. The number of nitrogens with zero attached hydrogens (tertiary/aromatic N) is 1. The second-order valence-electron chi connectivity index (χ2n) is 5.37. The van der Waals surface area contributed by atoms with Crippen molar-refractivity contribution in [1.82, 2.24) is 4.98 Å². The number of benzene rings is 2. The third kappa shape index (κ3) is 3.95. The lowest BCUT2D eigenvalue weighted by atomic mass is 10.1. The summed E-state index contributed by atoms with van der Waals surface area (Å²) in [4.78, 5) is 3.96. The van der Waals surface area contributed by atoms with Crippen LogP contribution in [0.3, 0.4) is 0 Å². The first-order valence-electron chi connectivity index (χ1n) is 7.46. The molecular weight excluding hydrogens is 379 g/mol. The molecule has 0 aliphatic carbocycles. The smallest absolute Gasteiger partial charge is 0.265 e. The van der Waals surface area contributed by atoms with Crippen LogP contribution in [0.2, 0.25) is 5.02 Å². The summed E-state index contributed by atoms with van der Waals surface area (Å²) in [5.74, 6) is -0.184. The number of methoxy groups -OCH3 is 1. The van der Waals surface area contributed by atoms with Gasteiger partial charge < -0.3 is 4.74 Å². The molecule has 0 saturated heterocycles. The van der Waals surface area contributed by atoms with Crippen LogP contribution in [-0.2, 0) is 10.0 Å². The van der Waals surface area contributed by atoms with Crippen molar-refractivity contribution in [2.75, 3.05) is 11.8 Å². The predicted octanol–water partition coefficient (Wildman–Crippen LogP) is 4.35. The Kier molecular flexibility index (Phi) is 5.11. The fraction of sp³-hybridized carbons (Fsp3) is 0.0556. The highest BCUT2D eigenvalue weighted by atomic mass is 35.5. The average Bonchev–Trinajstić information content (AvgIpc) is 2.62. The Balaban J connectivity index is 1.95. The molecule has 0 unspecified atom stereocenters. The Labute approximate surface area is 155 Å². The topological polar surface area (TPSA) is 68.3 Å².